The SMILES string of the molecule is NCC1(CC(=O)O)C[C@H](c2cccc3c2Cc2ccccc2-3)[C@@H](c2cccc3c2Cc2ccccc2-3)C1. The van der Waals surface area contributed by atoms with Crippen molar-refractivity contribution in [2.75, 3.05) is 6.54 Å². The van der Waals surface area contributed by atoms with Crippen molar-refractivity contribution < 1.29 is 9.90 Å². The van der Waals surface area contributed by atoms with E-state index in [-0.39, 0.29) is 18.3 Å². The molecule has 0 aliphatic heterocycles. The maximum Gasteiger partial charge on any atom is 0.303 e. The monoisotopic (exact) mass is 485 g/mol. The summed E-state index contributed by atoms with van der Waals surface area (Å²) in [6, 6.07) is 30.9. The molecule has 3 aliphatic rings. The molecule has 0 bridgehead atoms. The molecule has 3 aliphatic carbocycles. The summed E-state index contributed by atoms with van der Waals surface area (Å²) in [6.07, 6.45) is 3.63. The van der Waals surface area contributed by atoms with Crippen molar-refractivity contribution in [2.24, 2.45) is 11.1 Å². The van der Waals surface area contributed by atoms with Crippen LogP contribution in [-0.4, -0.2) is 17.6 Å². The third kappa shape index (κ3) is 3.48. The molecule has 184 valence electrons. The Labute approximate surface area is 218 Å². The van der Waals surface area contributed by atoms with Crippen molar-refractivity contribution in [3.8, 4) is 22.3 Å². The van der Waals surface area contributed by atoms with Gasteiger partial charge in [0.25, 0.3) is 0 Å². The Morgan fingerprint density at radius 2 is 1.16 bits per heavy atom. The highest BCUT2D eigenvalue weighted by atomic mass is 16.4. The molecule has 0 radical (unpaired) electrons. The Morgan fingerprint density at radius 1 is 0.703 bits per heavy atom. The molecule has 0 spiro atoms. The maximum atomic E-state index is 12.0. The minimum Gasteiger partial charge on any atom is -0.481 e. The molecule has 4 aromatic rings. The first kappa shape index (κ1) is 22.5. The van der Waals surface area contributed by atoms with Crippen molar-refractivity contribution >= 4 is 5.97 Å². The largest absolute Gasteiger partial charge is 0.481 e. The summed E-state index contributed by atoms with van der Waals surface area (Å²) in [5, 5.41) is 9.87. The van der Waals surface area contributed by atoms with Crippen LogP contribution in [0.15, 0.2) is 84.9 Å². The summed E-state index contributed by atoms with van der Waals surface area (Å²) in [5.74, 6) is -0.272. The van der Waals surface area contributed by atoms with E-state index in [4.69, 9.17) is 5.73 Å². The summed E-state index contributed by atoms with van der Waals surface area (Å²) >= 11 is 0. The zero-order valence-electron chi connectivity index (χ0n) is 20.9. The van der Waals surface area contributed by atoms with Gasteiger partial charge in [0, 0.05) is 0 Å². The molecule has 0 saturated heterocycles. The fourth-order valence-electron chi connectivity index (χ4n) is 7.72. The highest BCUT2D eigenvalue weighted by Gasteiger charge is 2.48. The van der Waals surface area contributed by atoms with Gasteiger partial charge in [0.1, 0.15) is 0 Å². The second-order valence-electron chi connectivity index (χ2n) is 11.3. The molecule has 0 aromatic heterocycles. The molecule has 3 heteroatoms. The number of aliphatic carboxylic acids is 1. The summed E-state index contributed by atoms with van der Waals surface area (Å²) in [4.78, 5) is 12.0. The average molecular weight is 486 g/mol. The van der Waals surface area contributed by atoms with Crippen LogP contribution in [0.4, 0.5) is 0 Å². The smallest absolute Gasteiger partial charge is 0.303 e. The van der Waals surface area contributed by atoms with Crippen LogP contribution in [0, 0.1) is 5.41 Å². The van der Waals surface area contributed by atoms with Gasteiger partial charge < -0.3 is 10.8 Å². The molecule has 1 fully saturated rings. The second kappa shape index (κ2) is 8.43. The van der Waals surface area contributed by atoms with Crippen LogP contribution in [0.5, 0.6) is 0 Å². The lowest BCUT2D eigenvalue weighted by molar-refractivity contribution is -0.139. The molecule has 0 amide bonds. The van der Waals surface area contributed by atoms with E-state index in [1.54, 1.807) is 0 Å². The number of benzene rings is 4. The minimum absolute atomic E-state index is 0.126. The number of carboxylic acid groups (broad SMARTS) is 1. The third-order valence-corrected chi connectivity index (χ3v) is 9.32. The number of fused-ring (bicyclic) bond motifs is 6. The van der Waals surface area contributed by atoms with Gasteiger partial charge in [0.2, 0.25) is 0 Å². The van der Waals surface area contributed by atoms with Gasteiger partial charge in [-0.25, -0.2) is 0 Å². The summed E-state index contributed by atoms with van der Waals surface area (Å²) in [5.41, 5.74) is 19.7. The Bertz CT molecular complexity index is 1450. The summed E-state index contributed by atoms with van der Waals surface area (Å²) in [6.45, 7) is 0.400. The number of carbonyl (C=O) groups is 1. The van der Waals surface area contributed by atoms with E-state index in [1.165, 1.54) is 55.6 Å². The predicted octanol–water partition coefficient (Wildman–Crippen LogP) is 6.91. The first-order valence-corrected chi connectivity index (χ1v) is 13.4. The van der Waals surface area contributed by atoms with Crippen LogP contribution < -0.4 is 5.73 Å². The van der Waals surface area contributed by atoms with Crippen molar-refractivity contribution in [1.82, 2.24) is 0 Å². The molecule has 0 unspecified atom stereocenters. The molecule has 2 atom stereocenters. The van der Waals surface area contributed by atoms with E-state index in [0.717, 1.165) is 25.7 Å². The van der Waals surface area contributed by atoms with E-state index in [2.05, 4.69) is 84.9 Å². The first-order valence-electron chi connectivity index (χ1n) is 13.4. The van der Waals surface area contributed by atoms with E-state index in [1.807, 2.05) is 0 Å². The lowest BCUT2D eigenvalue weighted by Crippen LogP contribution is -2.30. The molecule has 0 heterocycles. The molecule has 37 heavy (non-hydrogen) atoms. The highest BCUT2D eigenvalue weighted by molar-refractivity contribution is 5.80. The Hall–Kier alpha value is -3.69. The van der Waals surface area contributed by atoms with Crippen molar-refractivity contribution in [1.29, 1.82) is 0 Å². The molecule has 1 saturated carbocycles. The van der Waals surface area contributed by atoms with Crippen LogP contribution in [0.25, 0.3) is 22.3 Å². The number of nitrogens with two attached hydrogens (primary N) is 1. The van der Waals surface area contributed by atoms with Gasteiger partial charge in [0.15, 0.2) is 0 Å². The third-order valence-electron chi connectivity index (χ3n) is 9.32. The van der Waals surface area contributed by atoms with Crippen LogP contribution in [0.1, 0.15) is 64.5 Å². The van der Waals surface area contributed by atoms with Crippen LogP contribution in [-0.2, 0) is 17.6 Å². The number of hydrogen-bond donors (Lipinski definition) is 2. The fourth-order valence-corrected chi connectivity index (χ4v) is 7.72. The highest BCUT2D eigenvalue weighted by Crippen LogP contribution is 2.59. The number of rotatable bonds is 5. The predicted molar refractivity (Wildman–Crippen MR) is 148 cm³/mol. The van der Waals surface area contributed by atoms with Gasteiger partial charge >= 0.3 is 5.97 Å². The maximum absolute atomic E-state index is 12.0. The summed E-state index contributed by atoms with van der Waals surface area (Å²) < 4.78 is 0. The first-order chi connectivity index (χ1) is 18.1. The van der Waals surface area contributed by atoms with E-state index in [9.17, 15) is 9.90 Å². The van der Waals surface area contributed by atoms with Gasteiger partial charge in [-0.15, -0.1) is 0 Å². The van der Waals surface area contributed by atoms with E-state index < -0.39 is 11.4 Å². The number of carboxylic acids is 1. The van der Waals surface area contributed by atoms with Gasteiger partial charge in [-0.05, 0) is 105 Å². The number of hydrogen-bond acceptors (Lipinski definition) is 2. The molecular formula is C34H31NO2. The average Bonchev–Trinajstić information content (AvgIpc) is 3.60. The van der Waals surface area contributed by atoms with Crippen LogP contribution in [0.3, 0.4) is 0 Å². The lowest BCUT2D eigenvalue weighted by atomic mass is 9.79. The molecule has 4 aromatic carbocycles. The van der Waals surface area contributed by atoms with Gasteiger partial charge in [0.05, 0.1) is 6.42 Å². The Morgan fingerprint density at radius 3 is 1.62 bits per heavy atom. The standard InChI is InChI=1S/C34H31NO2/c35-20-34(19-33(36)37)17-31(27-13-5-11-25-23-9-3-1-7-21(23)15-29(25)27)32(18-34)28-14-6-12-26-24-10-4-2-8-22(24)16-30(26)28/h1-14,31-32H,15-20,35H2,(H,36,37)/t31-,32-/m1/s1. The Balaban J connectivity index is 1.38. The van der Waals surface area contributed by atoms with Crippen LogP contribution >= 0.6 is 0 Å². The lowest BCUT2D eigenvalue weighted by Gasteiger charge is -2.26. The molecular weight excluding hydrogens is 454 g/mol. The molecule has 7 rings (SSSR count). The van der Waals surface area contributed by atoms with Crippen molar-refractivity contribution in [3.05, 3.63) is 118 Å². The summed E-state index contributed by atoms with van der Waals surface area (Å²) in [7, 11) is 0. The van der Waals surface area contributed by atoms with E-state index in [0.29, 0.717) is 6.54 Å². The van der Waals surface area contributed by atoms with Gasteiger partial charge in [-0.1, -0.05) is 84.9 Å². The quantitative estimate of drug-likeness (QED) is 0.279. The van der Waals surface area contributed by atoms with E-state index >= 15 is 0 Å². The normalized spacial score (nSPS) is 20.2. The second-order valence-corrected chi connectivity index (χ2v) is 11.3. The fraction of sp³-hybridized carbons (Fsp3) is 0.265. The van der Waals surface area contributed by atoms with Gasteiger partial charge in [-0.2, -0.15) is 0 Å². The topological polar surface area (TPSA) is 63.3 Å². The minimum atomic E-state index is -0.749. The van der Waals surface area contributed by atoms with Crippen molar-refractivity contribution in [2.45, 2.75) is 43.9 Å². The van der Waals surface area contributed by atoms with Crippen molar-refractivity contribution in [3.63, 3.8) is 0 Å². The Kier molecular flexibility index (Phi) is 5.12. The van der Waals surface area contributed by atoms with Crippen LogP contribution in [0.2, 0.25) is 0 Å². The van der Waals surface area contributed by atoms with Gasteiger partial charge in [-0.3, -0.25) is 4.79 Å². The molecule has 3 nitrogen and oxygen atoms in total. The zero-order valence-corrected chi connectivity index (χ0v) is 20.9. The zero-order chi connectivity index (χ0) is 25.1. The molecule has 3 N–H and O–H groups in total.